The first-order valence-electron chi connectivity index (χ1n) is 6.63. The number of hydrogen-bond acceptors (Lipinski definition) is 3. The van der Waals surface area contributed by atoms with Gasteiger partial charge in [0.25, 0.3) is 5.91 Å². The summed E-state index contributed by atoms with van der Waals surface area (Å²) >= 11 is 5.86. The summed E-state index contributed by atoms with van der Waals surface area (Å²) in [4.78, 5) is 16.3. The number of nitrogens with zero attached hydrogens (tertiary/aromatic N) is 1. The maximum Gasteiger partial charge on any atom is 0.256 e. The van der Waals surface area contributed by atoms with E-state index in [0.717, 1.165) is 5.56 Å². The molecule has 0 spiro atoms. The summed E-state index contributed by atoms with van der Waals surface area (Å²) < 4.78 is 19.1. The van der Waals surface area contributed by atoms with Crippen molar-refractivity contribution in [2.45, 2.75) is 13.5 Å². The molecule has 0 saturated heterocycles. The summed E-state index contributed by atoms with van der Waals surface area (Å²) in [6.07, 6.45) is 0. The van der Waals surface area contributed by atoms with Crippen LogP contribution in [0, 0.1) is 12.7 Å². The van der Waals surface area contributed by atoms with Crippen LogP contribution in [0.3, 0.4) is 0 Å². The number of hydrogen-bond donors (Lipinski definition) is 1. The first-order chi connectivity index (χ1) is 10.5. The fourth-order valence-corrected chi connectivity index (χ4v) is 2.43. The SMILES string of the molecule is Cc1nc2cc(CNC(=O)c3c(F)cccc3Cl)ccc2o1. The highest BCUT2D eigenvalue weighted by Gasteiger charge is 2.15. The van der Waals surface area contributed by atoms with Crippen LogP contribution in [0.5, 0.6) is 0 Å². The van der Waals surface area contributed by atoms with Crippen molar-refractivity contribution in [2.24, 2.45) is 0 Å². The number of rotatable bonds is 3. The Balaban J connectivity index is 1.77. The predicted octanol–water partition coefficient (Wildman–Crippen LogP) is 3.86. The van der Waals surface area contributed by atoms with Crippen LogP contribution < -0.4 is 5.32 Å². The van der Waals surface area contributed by atoms with Crippen LogP contribution in [0.4, 0.5) is 4.39 Å². The Kier molecular flexibility index (Phi) is 3.81. The van der Waals surface area contributed by atoms with Gasteiger partial charge in [0, 0.05) is 13.5 Å². The van der Waals surface area contributed by atoms with Crippen LogP contribution in [-0.2, 0) is 6.54 Å². The van der Waals surface area contributed by atoms with E-state index < -0.39 is 11.7 Å². The highest BCUT2D eigenvalue weighted by Crippen LogP contribution is 2.19. The topological polar surface area (TPSA) is 55.1 Å². The maximum absolute atomic E-state index is 13.7. The van der Waals surface area contributed by atoms with Gasteiger partial charge in [-0.25, -0.2) is 9.37 Å². The van der Waals surface area contributed by atoms with Gasteiger partial charge in [-0.05, 0) is 29.8 Å². The van der Waals surface area contributed by atoms with Crippen molar-refractivity contribution in [1.29, 1.82) is 0 Å². The van der Waals surface area contributed by atoms with Gasteiger partial charge in [0.1, 0.15) is 11.3 Å². The van der Waals surface area contributed by atoms with Crippen LogP contribution in [0.1, 0.15) is 21.8 Å². The van der Waals surface area contributed by atoms with E-state index in [1.807, 2.05) is 12.1 Å². The standard InChI is InChI=1S/C16H12ClFN2O2/c1-9-20-13-7-10(5-6-14(13)22-9)8-19-16(21)15-11(17)3-2-4-12(15)18/h2-7H,8H2,1H3,(H,19,21). The molecule has 22 heavy (non-hydrogen) atoms. The van der Waals surface area contributed by atoms with Crippen molar-refractivity contribution in [2.75, 3.05) is 0 Å². The lowest BCUT2D eigenvalue weighted by atomic mass is 10.1. The monoisotopic (exact) mass is 318 g/mol. The van der Waals surface area contributed by atoms with Crippen molar-refractivity contribution < 1.29 is 13.6 Å². The molecule has 1 amide bonds. The Morgan fingerprint density at radius 1 is 1.36 bits per heavy atom. The van der Waals surface area contributed by atoms with Gasteiger partial charge >= 0.3 is 0 Å². The highest BCUT2D eigenvalue weighted by atomic mass is 35.5. The lowest BCUT2D eigenvalue weighted by Crippen LogP contribution is -2.24. The van der Waals surface area contributed by atoms with E-state index in [2.05, 4.69) is 10.3 Å². The molecule has 4 nitrogen and oxygen atoms in total. The van der Waals surface area contributed by atoms with Gasteiger partial charge in [-0.15, -0.1) is 0 Å². The fraction of sp³-hybridized carbons (Fsp3) is 0.125. The summed E-state index contributed by atoms with van der Waals surface area (Å²) in [6, 6.07) is 9.54. The van der Waals surface area contributed by atoms with Crippen molar-refractivity contribution in [3.63, 3.8) is 0 Å². The number of aryl methyl sites for hydroxylation is 1. The van der Waals surface area contributed by atoms with Gasteiger partial charge in [-0.1, -0.05) is 23.7 Å². The van der Waals surface area contributed by atoms with E-state index in [4.69, 9.17) is 16.0 Å². The maximum atomic E-state index is 13.7. The Morgan fingerprint density at radius 3 is 2.95 bits per heavy atom. The van der Waals surface area contributed by atoms with Crippen molar-refractivity contribution >= 4 is 28.6 Å². The van der Waals surface area contributed by atoms with E-state index in [-0.39, 0.29) is 17.1 Å². The minimum atomic E-state index is -0.646. The van der Waals surface area contributed by atoms with Gasteiger partial charge < -0.3 is 9.73 Å². The van der Waals surface area contributed by atoms with Crippen molar-refractivity contribution in [1.82, 2.24) is 10.3 Å². The molecule has 3 aromatic rings. The summed E-state index contributed by atoms with van der Waals surface area (Å²) in [5.41, 5.74) is 2.09. The lowest BCUT2D eigenvalue weighted by Gasteiger charge is -2.07. The molecule has 0 fully saturated rings. The Labute approximate surface area is 130 Å². The van der Waals surface area contributed by atoms with Crippen molar-refractivity contribution in [3.05, 3.63) is 64.3 Å². The molecule has 0 aliphatic carbocycles. The molecular weight excluding hydrogens is 307 g/mol. The van der Waals surface area contributed by atoms with E-state index in [0.29, 0.717) is 17.0 Å². The number of benzene rings is 2. The van der Waals surface area contributed by atoms with Gasteiger partial charge in [0.15, 0.2) is 11.5 Å². The lowest BCUT2D eigenvalue weighted by molar-refractivity contribution is 0.0947. The predicted molar refractivity (Wildman–Crippen MR) is 81.3 cm³/mol. The number of amides is 1. The second-order valence-corrected chi connectivity index (χ2v) is 5.22. The number of aromatic nitrogens is 1. The quantitative estimate of drug-likeness (QED) is 0.798. The van der Waals surface area contributed by atoms with Crippen LogP contribution in [0.2, 0.25) is 5.02 Å². The average molecular weight is 319 g/mol. The van der Waals surface area contributed by atoms with Gasteiger partial charge in [0.05, 0.1) is 10.6 Å². The molecule has 1 N–H and O–H groups in total. The van der Waals surface area contributed by atoms with Gasteiger partial charge in [0.2, 0.25) is 0 Å². The molecule has 112 valence electrons. The minimum Gasteiger partial charge on any atom is -0.441 e. The third-order valence-electron chi connectivity index (χ3n) is 3.20. The summed E-state index contributed by atoms with van der Waals surface area (Å²) in [5.74, 6) is -0.624. The number of carbonyl (C=O) groups excluding carboxylic acids is 1. The zero-order valence-corrected chi connectivity index (χ0v) is 12.4. The smallest absolute Gasteiger partial charge is 0.256 e. The first kappa shape index (κ1) is 14.5. The molecule has 1 heterocycles. The molecule has 2 aromatic carbocycles. The van der Waals surface area contributed by atoms with Crippen LogP contribution in [-0.4, -0.2) is 10.9 Å². The molecule has 1 aromatic heterocycles. The van der Waals surface area contributed by atoms with E-state index in [9.17, 15) is 9.18 Å². The largest absolute Gasteiger partial charge is 0.441 e. The third kappa shape index (κ3) is 2.80. The van der Waals surface area contributed by atoms with Gasteiger partial charge in [-0.2, -0.15) is 0 Å². The van der Waals surface area contributed by atoms with E-state index in [1.165, 1.54) is 18.2 Å². The van der Waals surface area contributed by atoms with Crippen molar-refractivity contribution in [3.8, 4) is 0 Å². The molecule has 6 heteroatoms. The molecule has 0 aliphatic rings. The summed E-state index contributed by atoms with van der Waals surface area (Å²) in [7, 11) is 0. The van der Waals surface area contributed by atoms with Crippen LogP contribution in [0.25, 0.3) is 11.1 Å². The van der Waals surface area contributed by atoms with Crippen LogP contribution >= 0.6 is 11.6 Å². The zero-order valence-electron chi connectivity index (χ0n) is 11.7. The molecule has 0 radical (unpaired) electrons. The minimum absolute atomic E-state index is 0.0834. The Bertz CT molecular complexity index is 840. The Hall–Kier alpha value is -2.40. The van der Waals surface area contributed by atoms with E-state index in [1.54, 1.807) is 13.0 Å². The molecule has 3 rings (SSSR count). The first-order valence-corrected chi connectivity index (χ1v) is 7.00. The fourth-order valence-electron chi connectivity index (χ4n) is 2.18. The third-order valence-corrected chi connectivity index (χ3v) is 3.52. The molecule has 0 bridgehead atoms. The highest BCUT2D eigenvalue weighted by molar-refractivity contribution is 6.33. The van der Waals surface area contributed by atoms with E-state index >= 15 is 0 Å². The number of nitrogens with one attached hydrogen (secondary N) is 1. The molecule has 0 aliphatic heterocycles. The summed E-state index contributed by atoms with van der Waals surface area (Å²) in [6.45, 7) is 2.01. The van der Waals surface area contributed by atoms with Crippen LogP contribution in [0.15, 0.2) is 40.8 Å². The second-order valence-electron chi connectivity index (χ2n) is 4.81. The number of carbonyl (C=O) groups is 1. The normalized spacial score (nSPS) is 10.9. The number of halogens is 2. The summed E-state index contributed by atoms with van der Waals surface area (Å²) in [5, 5.41) is 2.73. The average Bonchev–Trinajstić information content (AvgIpc) is 2.84. The Morgan fingerprint density at radius 2 is 2.18 bits per heavy atom. The molecule has 0 unspecified atom stereocenters. The van der Waals surface area contributed by atoms with Gasteiger partial charge in [-0.3, -0.25) is 4.79 Å². The number of fused-ring (bicyclic) bond motifs is 1. The zero-order chi connectivity index (χ0) is 15.7. The molecule has 0 saturated carbocycles. The molecular formula is C16H12ClFN2O2. The number of oxazole rings is 1. The molecule has 0 atom stereocenters. The second kappa shape index (κ2) is 5.77.